The van der Waals surface area contributed by atoms with E-state index in [2.05, 4.69) is 20.8 Å². The summed E-state index contributed by atoms with van der Waals surface area (Å²) in [5.74, 6) is 0.349. The lowest BCUT2D eigenvalue weighted by Crippen LogP contribution is -2.48. The van der Waals surface area contributed by atoms with E-state index in [1.54, 1.807) is 29.0 Å². The SMILES string of the molecule is Cc1cc(Nc2cccnn2)c(=O)n2c1C(=O)NC21CCCCC1. The highest BCUT2D eigenvalue weighted by molar-refractivity contribution is 5.97. The van der Waals surface area contributed by atoms with Crippen molar-refractivity contribution < 1.29 is 4.79 Å². The largest absolute Gasteiger partial charge is 0.334 e. The Hall–Kier alpha value is -2.70. The molecular weight excluding hydrogens is 306 g/mol. The number of aromatic nitrogens is 3. The standard InChI is InChI=1S/C17H19N5O2/c1-11-10-12(19-13-6-5-9-18-21-13)16(24)22-14(11)15(23)20-17(22)7-3-2-4-8-17/h5-6,9-10H,2-4,7-8H2,1H3,(H,19,21)(H,20,23). The first kappa shape index (κ1) is 14.9. The van der Waals surface area contributed by atoms with Crippen LogP contribution in [0.1, 0.15) is 48.2 Å². The number of aryl methyl sites for hydroxylation is 1. The molecule has 1 aliphatic carbocycles. The molecule has 0 radical (unpaired) electrons. The monoisotopic (exact) mass is 325 g/mol. The first-order valence-corrected chi connectivity index (χ1v) is 8.25. The van der Waals surface area contributed by atoms with Crippen molar-refractivity contribution in [2.45, 2.75) is 44.7 Å². The molecule has 24 heavy (non-hydrogen) atoms. The van der Waals surface area contributed by atoms with Crippen molar-refractivity contribution in [3.05, 3.63) is 46.0 Å². The zero-order valence-corrected chi connectivity index (χ0v) is 13.5. The highest BCUT2D eigenvalue weighted by Crippen LogP contribution is 2.37. The number of pyridine rings is 1. The van der Waals surface area contributed by atoms with Crippen molar-refractivity contribution in [1.29, 1.82) is 0 Å². The van der Waals surface area contributed by atoms with Gasteiger partial charge >= 0.3 is 0 Å². The van der Waals surface area contributed by atoms with Gasteiger partial charge in [-0.2, -0.15) is 5.10 Å². The molecular formula is C17H19N5O2. The predicted molar refractivity (Wildman–Crippen MR) is 89.3 cm³/mol. The second-order valence-corrected chi connectivity index (χ2v) is 6.51. The summed E-state index contributed by atoms with van der Waals surface area (Å²) < 4.78 is 1.67. The lowest BCUT2D eigenvalue weighted by Gasteiger charge is -2.35. The van der Waals surface area contributed by atoms with Crippen molar-refractivity contribution in [1.82, 2.24) is 20.1 Å². The van der Waals surface area contributed by atoms with E-state index in [4.69, 9.17) is 0 Å². The van der Waals surface area contributed by atoms with Gasteiger partial charge < -0.3 is 10.6 Å². The Bertz CT molecular complexity index is 853. The third-order valence-corrected chi connectivity index (χ3v) is 4.90. The maximum absolute atomic E-state index is 13.1. The van der Waals surface area contributed by atoms with Crippen LogP contribution in [-0.4, -0.2) is 20.7 Å². The van der Waals surface area contributed by atoms with Gasteiger partial charge in [0.2, 0.25) is 0 Å². The molecule has 1 spiro atoms. The first-order valence-electron chi connectivity index (χ1n) is 8.25. The molecule has 4 rings (SSSR count). The molecule has 1 aliphatic heterocycles. The summed E-state index contributed by atoms with van der Waals surface area (Å²) in [4.78, 5) is 25.6. The van der Waals surface area contributed by atoms with Crippen molar-refractivity contribution in [3.63, 3.8) is 0 Å². The predicted octanol–water partition coefficient (Wildman–Crippen LogP) is 2.05. The fraction of sp³-hybridized carbons (Fsp3) is 0.412. The van der Waals surface area contributed by atoms with Gasteiger partial charge in [-0.25, -0.2) is 0 Å². The van der Waals surface area contributed by atoms with Gasteiger partial charge in [-0.15, -0.1) is 5.10 Å². The lowest BCUT2D eigenvalue weighted by atomic mass is 9.89. The van der Waals surface area contributed by atoms with E-state index in [1.165, 1.54) is 0 Å². The van der Waals surface area contributed by atoms with Crippen LogP contribution in [0.3, 0.4) is 0 Å². The number of nitrogens with one attached hydrogen (secondary N) is 2. The molecule has 2 aliphatic rings. The molecule has 2 aromatic rings. The van der Waals surface area contributed by atoms with Crippen molar-refractivity contribution >= 4 is 17.4 Å². The van der Waals surface area contributed by atoms with Crippen LogP contribution in [0.25, 0.3) is 0 Å². The number of carbonyl (C=O) groups excluding carboxylic acids is 1. The Morgan fingerprint density at radius 2 is 2.04 bits per heavy atom. The van der Waals surface area contributed by atoms with Crippen LogP contribution in [0.2, 0.25) is 0 Å². The molecule has 0 bridgehead atoms. The van der Waals surface area contributed by atoms with E-state index in [1.807, 2.05) is 6.92 Å². The maximum atomic E-state index is 13.1. The van der Waals surface area contributed by atoms with Gasteiger partial charge in [0.05, 0.1) is 0 Å². The number of fused-ring (bicyclic) bond motifs is 2. The number of carbonyl (C=O) groups is 1. The summed E-state index contributed by atoms with van der Waals surface area (Å²) >= 11 is 0. The molecule has 3 heterocycles. The van der Waals surface area contributed by atoms with Gasteiger partial charge in [-0.3, -0.25) is 14.2 Å². The minimum Gasteiger partial charge on any atom is -0.334 e. The van der Waals surface area contributed by atoms with E-state index in [0.717, 1.165) is 37.7 Å². The minimum atomic E-state index is -0.577. The smallest absolute Gasteiger partial charge is 0.276 e. The zero-order valence-electron chi connectivity index (χ0n) is 13.5. The van der Waals surface area contributed by atoms with Crippen LogP contribution in [0, 0.1) is 6.92 Å². The summed E-state index contributed by atoms with van der Waals surface area (Å²) in [6.45, 7) is 1.86. The topological polar surface area (TPSA) is 88.9 Å². The van der Waals surface area contributed by atoms with Crippen molar-refractivity contribution in [2.24, 2.45) is 0 Å². The van der Waals surface area contributed by atoms with E-state index < -0.39 is 5.66 Å². The molecule has 7 heteroatoms. The van der Waals surface area contributed by atoms with Gasteiger partial charge in [0.15, 0.2) is 5.82 Å². The molecule has 1 saturated carbocycles. The number of hydrogen-bond donors (Lipinski definition) is 2. The Labute approximate surface area is 139 Å². The molecule has 124 valence electrons. The average Bonchev–Trinajstić information content (AvgIpc) is 2.86. The van der Waals surface area contributed by atoms with E-state index >= 15 is 0 Å². The second kappa shape index (κ2) is 5.43. The van der Waals surface area contributed by atoms with Crippen molar-refractivity contribution in [2.75, 3.05) is 5.32 Å². The number of nitrogens with zero attached hydrogens (tertiary/aromatic N) is 3. The number of amides is 1. The van der Waals surface area contributed by atoms with Gasteiger partial charge in [0.25, 0.3) is 11.5 Å². The fourth-order valence-corrected chi connectivity index (χ4v) is 3.84. The first-order chi connectivity index (χ1) is 11.6. The van der Waals surface area contributed by atoms with E-state index in [-0.39, 0.29) is 11.5 Å². The number of rotatable bonds is 2. The molecule has 0 atom stereocenters. The van der Waals surface area contributed by atoms with Gasteiger partial charge in [0.1, 0.15) is 17.0 Å². The van der Waals surface area contributed by atoms with Crippen molar-refractivity contribution in [3.8, 4) is 0 Å². The van der Waals surface area contributed by atoms with Crippen LogP contribution < -0.4 is 16.2 Å². The molecule has 0 aromatic carbocycles. The van der Waals surface area contributed by atoms with Crippen LogP contribution in [0.4, 0.5) is 11.5 Å². The second-order valence-electron chi connectivity index (χ2n) is 6.51. The summed E-state index contributed by atoms with van der Waals surface area (Å²) in [7, 11) is 0. The Balaban J connectivity index is 1.85. The van der Waals surface area contributed by atoms with E-state index in [0.29, 0.717) is 17.2 Å². The third-order valence-electron chi connectivity index (χ3n) is 4.90. The minimum absolute atomic E-state index is 0.155. The summed E-state index contributed by atoms with van der Waals surface area (Å²) in [6.07, 6.45) is 6.31. The fourth-order valence-electron chi connectivity index (χ4n) is 3.84. The number of hydrogen-bond acceptors (Lipinski definition) is 5. The molecule has 0 saturated heterocycles. The molecule has 0 unspecified atom stereocenters. The zero-order chi connectivity index (χ0) is 16.7. The van der Waals surface area contributed by atoms with Crippen LogP contribution >= 0.6 is 0 Å². The van der Waals surface area contributed by atoms with Gasteiger partial charge in [-0.05, 0) is 56.4 Å². The number of anilines is 2. The molecule has 2 N–H and O–H groups in total. The molecule has 1 amide bonds. The molecule has 1 fully saturated rings. The summed E-state index contributed by atoms with van der Waals surface area (Å²) in [5.41, 5.74) is 0.902. The highest BCUT2D eigenvalue weighted by atomic mass is 16.2. The summed E-state index contributed by atoms with van der Waals surface area (Å²) in [5, 5.41) is 13.9. The van der Waals surface area contributed by atoms with Crippen LogP contribution in [0.5, 0.6) is 0 Å². The normalized spacial score (nSPS) is 18.3. The summed E-state index contributed by atoms with van der Waals surface area (Å²) in [6, 6.07) is 5.21. The maximum Gasteiger partial charge on any atom is 0.276 e. The van der Waals surface area contributed by atoms with Gasteiger partial charge in [0, 0.05) is 6.20 Å². The Kier molecular flexibility index (Phi) is 3.37. The van der Waals surface area contributed by atoms with E-state index in [9.17, 15) is 9.59 Å². The highest BCUT2D eigenvalue weighted by Gasteiger charge is 2.45. The van der Waals surface area contributed by atoms with Gasteiger partial charge in [-0.1, -0.05) is 6.42 Å². The molecule has 2 aromatic heterocycles. The Morgan fingerprint density at radius 3 is 2.75 bits per heavy atom. The Morgan fingerprint density at radius 1 is 1.25 bits per heavy atom. The lowest BCUT2D eigenvalue weighted by molar-refractivity contribution is 0.0876. The average molecular weight is 325 g/mol. The molecule has 7 nitrogen and oxygen atoms in total. The van der Waals surface area contributed by atoms with Crippen LogP contribution in [0.15, 0.2) is 29.2 Å². The third kappa shape index (κ3) is 2.19. The van der Waals surface area contributed by atoms with Crippen LogP contribution in [-0.2, 0) is 5.66 Å². The quantitative estimate of drug-likeness (QED) is 0.882.